The lowest BCUT2D eigenvalue weighted by Crippen LogP contribution is -2.50. The summed E-state index contributed by atoms with van der Waals surface area (Å²) >= 11 is 0. The molecule has 4 aromatic rings. The molecule has 4 nitrogen and oxygen atoms in total. The summed E-state index contributed by atoms with van der Waals surface area (Å²) in [5.41, 5.74) is 4.53. The van der Waals surface area contributed by atoms with Crippen LogP contribution >= 0.6 is 0 Å². The van der Waals surface area contributed by atoms with Gasteiger partial charge in [-0.3, -0.25) is 4.90 Å². The lowest BCUT2D eigenvalue weighted by atomic mass is 9.87. The highest BCUT2D eigenvalue weighted by Crippen LogP contribution is 2.30. The third kappa shape index (κ3) is 9.45. The third-order valence-electron chi connectivity index (χ3n) is 8.44. The second-order valence-electron chi connectivity index (χ2n) is 11.6. The van der Waals surface area contributed by atoms with Gasteiger partial charge in [-0.2, -0.15) is 0 Å². The highest BCUT2D eigenvalue weighted by molar-refractivity contribution is 5.45. The molecular formula is C37H43F2N3O. The number of para-hydroxylation sites is 1. The fraction of sp³-hybridized carbons (Fsp3) is 0.351. The normalized spacial score (nSPS) is 15.1. The van der Waals surface area contributed by atoms with Gasteiger partial charge >= 0.3 is 0 Å². The van der Waals surface area contributed by atoms with Gasteiger partial charge < -0.3 is 14.5 Å². The monoisotopic (exact) mass is 583 g/mol. The quantitative estimate of drug-likeness (QED) is 0.156. The minimum absolute atomic E-state index is 0.0872. The molecule has 1 aliphatic heterocycles. The van der Waals surface area contributed by atoms with Crippen LogP contribution in [0.25, 0.3) is 0 Å². The number of anilines is 1. The summed E-state index contributed by atoms with van der Waals surface area (Å²) in [4.78, 5) is 7.36. The molecule has 1 unspecified atom stereocenters. The predicted octanol–water partition coefficient (Wildman–Crippen LogP) is 7.22. The molecule has 0 amide bonds. The molecule has 6 heteroatoms. The zero-order chi connectivity index (χ0) is 29.9. The van der Waals surface area contributed by atoms with Crippen molar-refractivity contribution in [2.75, 3.05) is 57.8 Å². The summed E-state index contributed by atoms with van der Waals surface area (Å²) in [6, 6.07) is 34.4. The number of likely N-dealkylation sites (N-methyl/N-ethyl adjacent to an activating group) is 1. The molecule has 0 saturated carbocycles. The van der Waals surface area contributed by atoms with Gasteiger partial charge in [0, 0.05) is 57.9 Å². The Bertz CT molecular complexity index is 1300. The van der Waals surface area contributed by atoms with Crippen LogP contribution in [0, 0.1) is 11.6 Å². The van der Waals surface area contributed by atoms with Crippen LogP contribution in [0.2, 0.25) is 0 Å². The maximum atomic E-state index is 13.6. The van der Waals surface area contributed by atoms with Crippen LogP contribution in [-0.2, 0) is 11.3 Å². The van der Waals surface area contributed by atoms with E-state index in [1.54, 1.807) is 0 Å². The molecule has 1 atom stereocenters. The zero-order valence-corrected chi connectivity index (χ0v) is 25.1. The van der Waals surface area contributed by atoms with E-state index in [9.17, 15) is 8.78 Å². The summed E-state index contributed by atoms with van der Waals surface area (Å²) in [5, 5.41) is 0. The van der Waals surface area contributed by atoms with Crippen LogP contribution in [0.1, 0.15) is 35.4 Å². The Hall–Kier alpha value is -3.58. The standard InChI is InChI=1S/C37H43F2N3O/c1-40(35-11-6-3-7-12-35)27-36(43-29-30-9-4-2-5-10-30)28-42-25-23-41(24-26-42)22-8-13-37(31-14-18-33(38)19-15-31)32-16-20-34(39)21-17-32/h2-7,9-12,14-21,36-37H,8,13,22-29H2,1H3. The minimum Gasteiger partial charge on any atom is -0.372 e. The largest absolute Gasteiger partial charge is 0.372 e. The number of hydrogen-bond acceptors (Lipinski definition) is 4. The van der Waals surface area contributed by atoms with Gasteiger partial charge in [0.1, 0.15) is 11.6 Å². The van der Waals surface area contributed by atoms with E-state index in [1.807, 2.05) is 36.4 Å². The Morgan fingerprint density at radius 2 is 1.23 bits per heavy atom. The van der Waals surface area contributed by atoms with Gasteiger partial charge in [-0.15, -0.1) is 0 Å². The average Bonchev–Trinajstić information content (AvgIpc) is 3.05. The van der Waals surface area contributed by atoms with E-state index in [0.717, 1.165) is 69.8 Å². The van der Waals surface area contributed by atoms with E-state index in [0.29, 0.717) is 6.61 Å². The first kappa shape index (κ1) is 30.9. The van der Waals surface area contributed by atoms with Crippen molar-refractivity contribution in [2.45, 2.75) is 31.5 Å². The number of halogens is 2. The molecule has 226 valence electrons. The first-order chi connectivity index (χ1) is 21.0. The van der Waals surface area contributed by atoms with Gasteiger partial charge in [-0.05, 0) is 72.5 Å². The molecule has 0 spiro atoms. The molecule has 1 saturated heterocycles. The Labute approximate surface area is 255 Å². The Balaban J connectivity index is 1.12. The van der Waals surface area contributed by atoms with E-state index < -0.39 is 0 Å². The van der Waals surface area contributed by atoms with Crippen molar-refractivity contribution in [3.8, 4) is 0 Å². The number of benzene rings is 4. The molecule has 43 heavy (non-hydrogen) atoms. The summed E-state index contributed by atoms with van der Waals surface area (Å²) < 4.78 is 33.7. The van der Waals surface area contributed by atoms with Crippen molar-refractivity contribution in [1.29, 1.82) is 0 Å². The van der Waals surface area contributed by atoms with Crippen LogP contribution in [-0.4, -0.2) is 68.8 Å². The smallest absolute Gasteiger partial charge is 0.123 e. The van der Waals surface area contributed by atoms with E-state index >= 15 is 0 Å². The summed E-state index contributed by atoms with van der Waals surface area (Å²) in [5.74, 6) is -0.357. The summed E-state index contributed by atoms with van der Waals surface area (Å²) in [6.07, 6.45) is 2.03. The molecule has 1 fully saturated rings. The lowest BCUT2D eigenvalue weighted by Gasteiger charge is -2.37. The van der Waals surface area contributed by atoms with Gasteiger partial charge in [0.15, 0.2) is 0 Å². The predicted molar refractivity (Wildman–Crippen MR) is 171 cm³/mol. The summed E-state index contributed by atoms with van der Waals surface area (Å²) in [7, 11) is 2.14. The minimum atomic E-state index is -0.237. The molecule has 0 aromatic heterocycles. The SMILES string of the molecule is CN(CC(CN1CCN(CCCC(c2ccc(F)cc2)c2ccc(F)cc2)CC1)OCc1ccccc1)c1ccccc1. The van der Waals surface area contributed by atoms with Gasteiger partial charge in [0.25, 0.3) is 0 Å². The Morgan fingerprint density at radius 1 is 0.698 bits per heavy atom. The number of ether oxygens (including phenoxy) is 1. The molecule has 1 aliphatic rings. The van der Waals surface area contributed by atoms with Gasteiger partial charge in [0.2, 0.25) is 0 Å². The van der Waals surface area contributed by atoms with E-state index in [1.165, 1.54) is 35.5 Å². The van der Waals surface area contributed by atoms with Gasteiger partial charge in [-0.1, -0.05) is 72.8 Å². The Kier molecular flexibility index (Phi) is 11.3. The fourth-order valence-corrected chi connectivity index (χ4v) is 5.96. The van der Waals surface area contributed by atoms with Crippen LogP contribution in [0.4, 0.5) is 14.5 Å². The second-order valence-corrected chi connectivity index (χ2v) is 11.6. The first-order valence-electron chi connectivity index (χ1n) is 15.4. The number of nitrogens with zero attached hydrogens (tertiary/aromatic N) is 3. The van der Waals surface area contributed by atoms with Gasteiger partial charge in [-0.25, -0.2) is 8.78 Å². The van der Waals surface area contributed by atoms with E-state index in [4.69, 9.17) is 4.74 Å². The molecule has 0 aliphatic carbocycles. The zero-order valence-electron chi connectivity index (χ0n) is 25.1. The average molecular weight is 584 g/mol. The third-order valence-corrected chi connectivity index (χ3v) is 8.44. The Morgan fingerprint density at radius 3 is 1.81 bits per heavy atom. The molecule has 0 N–H and O–H groups in total. The van der Waals surface area contributed by atoms with Crippen LogP contribution in [0.3, 0.4) is 0 Å². The van der Waals surface area contributed by atoms with E-state index in [2.05, 4.69) is 70.3 Å². The highest BCUT2D eigenvalue weighted by atomic mass is 19.1. The first-order valence-corrected chi connectivity index (χ1v) is 15.4. The highest BCUT2D eigenvalue weighted by Gasteiger charge is 2.23. The van der Waals surface area contributed by atoms with Crippen LogP contribution in [0.15, 0.2) is 109 Å². The van der Waals surface area contributed by atoms with Crippen LogP contribution in [0.5, 0.6) is 0 Å². The van der Waals surface area contributed by atoms with Crippen molar-refractivity contribution in [3.63, 3.8) is 0 Å². The number of rotatable bonds is 14. The van der Waals surface area contributed by atoms with Crippen molar-refractivity contribution in [2.24, 2.45) is 0 Å². The molecule has 5 rings (SSSR count). The molecule has 4 aromatic carbocycles. The van der Waals surface area contributed by atoms with Crippen LogP contribution < -0.4 is 4.90 Å². The fourth-order valence-electron chi connectivity index (χ4n) is 5.96. The van der Waals surface area contributed by atoms with Crippen molar-refractivity contribution in [1.82, 2.24) is 9.80 Å². The number of piperazine rings is 1. The van der Waals surface area contributed by atoms with Gasteiger partial charge in [0.05, 0.1) is 12.7 Å². The maximum Gasteiger partial charge on any atom is 0.123 e. The number of hydrogen-bond donors (Lipinski definition) is 0. The second kappa shape index (κ2) is 15.8. The van der Waals surface area contributed by atoms with Crippen molar-refractivity contribution >= 4 is 5.69 Å². The molecule has 0 bridgehead atoms. The molecule has 1 heterocycles. The lowest BCUT2D eigenvalue weighted by molar-refractivity contribution is 0.00859. The summed E-state index contributed by atoms with van der Waals surface area (Å²) in [6.45, 7) is 7.42. The maximum absolute atomic E-state index is 13.6. The topological polar surface area (TPSA) is 19.0 Å². The molecular weight excluding hydrogens is 540 g/mol. The van der Waals surface area contributed by atoms with Crippen molar-refractivity contribution < 1.29 is 13.5 Å². The molecule has 0 radical (unpaired) electrons. The van der Waals surface area contributed by atoms with E-state index in [-0.39, 0.29) is 23.7 Å². The van der Waals surface area contributed by atoms with Crippen molar-refractivity contribution in [3.05, 3.63) is 138 Å².